The molecule has 6 heteroatoms. The van der Waals surface area contributed by atoms with Gasteiger partial charge in [-0.1, -0.05) is 12.7 Å². The number of dihydropyridines is 1. The molecule has 1 heterocycles. The van der Waals surface area contributed by atoms with E-state index in [0.717, 1.165) is 57.4 Å². The van der Waals surface area contributed by atoms with Crippen LogP contribution in [-0.2, 0) is 9.59 Å². The third kappa shape index (κ3) is 3.82. The number of carbonyl (C=O) groups excluding carboxylic acids is 2. The van der Waals surface area contributed by atoms with Crippen LogP contribution in [-0.4, -0.2) is 24.8 Å². The summed E-state index contributed by atoms with van der Waals surface area (Å²) in [5.74, 6) is 1.24. The van der Waals surface area contributed by atoms with Crippen LogP contribution in [0.4, 0.5) is 0 Å². The van der Waals surface area contributed by atoms with Gasteiger partial charge in [-0.3, -0.25) is 9.59 Å². The summed E-state index contributed by atoms with van der Waals surface area (Å²) in [6.07, 6.45) is 6.15. The summed E-state index contributed by atoms with van der Waals surface area (Å²) in [4.78, 5) is 26.0. The van der Waals surface area contributed by atoms with Gasteiger partial charge in [-0.15, -0.1) is 0 Å². The smallest absolute Gasteiger partial charge is 0.174 e. The van der Waals surface area contributed by atoms with Gasteiger partial charge in [0.05, 0.1) is 10.2 Å². The first-order chi connectivity index (χ1) is 14.5. The normalized spacial score (nSPS) is 19.3. The molecule has 1 aromatic carbocycles. The van der Waals surface area contributed by atoms with Gasteiger partial charge in [-0.25, -0.2) is 0 Å². The van der Waals surface area contributed by atoms with Crippen molar-refractivity contribution >= 4 is 34.2 Å². The van der Waals surface area contributed by atoms with Crippen LogP contribution in [0.2, 0.25) is 0 Å². The number of rotatable bonds is 6. The van der Waals surface area contributed by atoms with Gasteiger partial charge in [0.15, 0.2) is 23.1 Å². The number of hydrogen-bond donors (Lipinski definition) is 1. The van der Waals surface area contributed by atoms with Gasteiger partial charge < -0.3 is 14.8 Å². The van der Waals surface area contributed by atoms with Crippen molar-refractivity contribution in [3.63, 3.8) is 0 Å². The monoisotopic (exact) mass is 519 g/mol. The minimum absolute atomic E-state index is 0.138. The highest BCUT2D eigenvalue weighted by Gasteiger charge is 2.40. The van der Waals surface area contributed by atoms with E-state index in [-0.39, 0.29) is 17.5 Å². The van der Waals surface area contributed by atoms with Gasteiger partial charge in [-0.05, 0) is 72.9 Å². The Morgan fingerprint density at radius 1 is 1.07 bits per heavy atom. The summed E-state index contributed by atoms with van der Waals surface area (Å²) in [6, 6.07) is 3.97. The Kier molecular flexibility index (Phi) is 6.32. The molecule has 1 N–H and O–H groups in total. The number of Topliss-reactive ketones (excluding diaryl/α,β-unsaturated/α-hetero) is 2. The third-order valence-electron chi connectivity index (χ3n) is 5.80. The van der Waals surface area contributed by atoms with Gasteiger partial charge >= 0.3 is 0 Å². The highest BCUT2D eigenvalue weighted by atomic mass is 127. The zero-order valence-corrected chi connectivity index (χ0v) is 19.3. The van der Waals surface area contributed by atoms with Gasteiger partial charge in [0.1, 0.15) is 6.61 Å². The van der Waals surface area contributed by atoms with E-state index in [0.29, 0.717) is 37.6 Å². The molecule has 1 aliphatic heterocycles. The maximum Gasteiger partial charge on any atom is 0.174 e. The number of ketones is 2. The predicted octanol–water partition coefficient (Wildman–Crippen LogP) is 4.96. The van der Waals surface area contributed by atoms with E-state index in [9.17, 15) is 9.59 Å². The number of benzene rings is 1. The van der Waals surface area contributed by atoms with E-state index in [4.69, 9.17) is 9.47 Å². The lowest BCUT2D eigenvalue weighted by Gasteiger charge is -2.37. The van der Waals surface area contributed by atoms with Crippen LogP contribution in [0.15, 0.2) is 47.3 Å². The lowest BCUT2D eigenvalue weighted by Crippen LogP contribution is -2.36. The number of nitrogens with one attached hydrogen (secondary N) is 1. The Labute approximate surface area is 190 Å². The Bertz CT molecular complexity index is 934. The molecule has 0 saturated carbocycles. The van der Waals surface area contributed by atoms with Gasteiger partial charge in [0, 0.05) is 41.3 Å². The average Bonchev–Trinajstić information content (AvgIpc) is 2.72. The van der Waals surface area contributed by atoms with E-state index in [1.807, 2.05) is 19.1 Å². The molecule has 0 fully saturated rings. The Balaban J connectivity index is 1.88. The van der Waals surface area contributed by atoms with E-state index in [1.165, 1.54) is 0 Å². The van der Waals surface area contributed by atoms with Gasteiger partial charge in [0.25, 0.3) is 0 Å². The standard InChI is InChI=1S/C24H26INO4/c1-3-11-30-24-15(25)12-14(13-20(24)29-4-2)21-22-16(7-5-9-18(22)27)26-17-8-6-10-19(28)23(17)21/h3,12-13,21,26H,1,4-11H2,2H3. The highest BCUT2D eigenvalue weighted by Crippen LogP contribution is 2.47. The molecule has 0 radical (unpaired) electrons. The Hall–Kier alpha value is -2.09. The first kappa shape index (κ1) is 21.2. The van der Waals surface area contributed by atoms with Gasteiger partial charge in [-0.2, -0.15) is 0 Å². The molecule has 0 bridgehead atoms. The molecule has 0 aromatic heterocycles. The van der Waals surface area contributed by atoms with E-state index >= 15 is 0 Å². The number of hydrogen-bond acceptors (Lipinski definition) is 5. The second-order valence-corrected chi connectivity index (χ2v) is 8.92. The van der Waals surface area contributed by atoms with Crippen molar-refractivity contribution in [2.45, 2.75) is 51.4 Å². The van der Waals surface area contributed by atoms with Crippen molar-refractivity contribution in [1.82, 2.24) is 5.32 Å². The van der Waals surface area contributed by atoms with Crippen LogP contribution < -0.4 is 14.8 Å². The molecule has 1 aromatic rings. The molecule has 0 saturated heterocycles. The van der Waals surface area contributed by atoms with Crippen molar-refractivity contribution in [2.24, 2.45) is 0 Å². The van der Waals surface area contributed by atoms with Crippen molar-refractivity contribution < 1.29 is 19.1 Å². The molecule has 0 unspecified atom stereocenters. The molecular formula is C24H26INO4. The topological polar surface area (TPSA) is 64.6 Å². The minimum Gasteiger partial charge on any atom is -0.490 e. The average molecular weight is 519 g/mol. The van der Waals surface area contributed by atoms with Gasteiger partial charge in [0.2, 0.25) is 0 Å². The summed E-state index contributed by atoms with van der Waals surface area (Å²) < 4.78 is 12.6. The molecular weight excluding hydrogens is 493 g/mol. The van der Waals surface area contributed by atoms with Crippen molar-refractivity contribution in [2.75, 3.05) is 13.2 Å². The lowest BCUT2D eigenvalue weighted by atomic mass is 9.71. The Morgan fingerprint density at radius 2 is 1.70 bits per heavy atom. The summed E-state index contributed by atoms with van der Waals surface area (Å²) in [7, 11) is 0. The number of ether oxygens (including phenoxy) is 2. The second kappa shape index (κ2) is 8.96. The maximum absolute atomic E-state index is 13.0. The zero-order valence-electron chi connectivity index (χ0n) is 17.2. The first-order valence-electron chi connectivity index (χ1n) is 10.5. The van der Waals surface area contributed by atoms with Crippen LogP contribution in [0.25, 0.3) is 0 Å². The summed E-state index contributed by atoms with van der Waals surface area (Å²) in [5, 5.41) is 3.46. The molecule has 0 atom stereocenters. The molecule has 3 aliphatic rings. The molecule has 30 heavy (non-hydrogen) atoms. The molecule has 4 rings (SSSR count). The van der Waals surface area contributed by atoms with Crippen LogP contribution in [0.3, 0.4) is 0 Å². The van der Waals surface area contributed by atoms with E-state index < -0.39 is 0 Å². The molecule has 5 nitrogen and oxygen atoms in total. The zero-order chi connectivity index (χ0) is 21.3. The second-order valence-electron chi connectivity index (χ2n) is 7.76. The molecule has 0 amide bonds. The fourth-order valence-electron chi connectivity index (χ4n) is 4.62. The quantitative estimate of drug-likeness (QED) is 0.426. The van der Waals surface area contributed by atoms with Crippen LogP contribution in [0.5, 0.6) is 11.5 Å². The molecule has 0 spiro atoms. The highest BCUT2D eigenvalue weighted by molar-refractivity contribution is 14.1. The third-order valence-corrected chi connectivity index (χ3v) is 6.60. The fourth-order valence-corrected chi connectivity index (χ4v) is 5.40. The first-order valence-corrected chi connectivity index (χ1v) is 11.6. The van der Waals surface area contributed by atoms with Crippen molar-refractivity contribution in [3.05, 3.63) is 56.5 Å². The summed E-state index contributed by atoms with van der Waals surface area (Å²) >= 11 is 2.24. The molecule has 2 aliphatic carbocycles. The largest absolute Gasteiger partial charge is 0.490 e. The molecule has 158 valence electrons. The van der Waals surface area contributed by atoms with Crippen LogP contribution >= 0.6 is 22.6 Å². The van der Waals surface area contributed by atoms with E-state index in [1.54, 1.807) is 6.08 Å². The fraction of sp³-hybridized carbons (Fsp3) is 0.417. The number of halogens is 1. The SMILES string of the molecule is C=CCOc1c(I)cc(C2C3=C(CCCC3=O)NC3=C2C(=O)CCC3)cc1OCC. The number of allylic oxidation sites excluding steroid dienone is 4. The lowest BCUT2D eigenvalue weighted by molar-refractivity contribution is -0.116. The minimum atomic E-state index is -0.335. The Morgan fingerprint density at radius 3 is 2.27 bits per heavy atom. The summed E-state index contributed by atoms with van der Waals surface area (Å²) in [6.45, 7) is 6.52. The van der Waals surface area contributed by atoms with Crippen molar-refractivity contribution in [1.29, 1.82) is 0 Å². The predicted molar refractivity (Wildman–Crippen MR) is 124 cm³/mol. The summed E-state index contributed by atoms with van der Waals surface area (Å²) in [5.41, 5.74) is 4.41. The maximum atomic E-state index is 13.0. The van der Waals surface area contributed by atoms with Crippen LogP contribution in [0, 0.1) is 3.57 Å². The van der Waals surface area contributed by atoms with E-state index in [2.05, 4.69) is 34.5 Å². The van der Waals surface area contributed by atoms with Crippen molar-refractivity contribution in [3.8, 4) is 11.5 Å². The van der Waals surface area contributed by atoms with Crippen LogP contribution in [0.1, 0.15) is 56.9 Å². The number of carbonyl (C=O) groups is 2.